The number of hydrogen-bond acceptors (Lipinski definition) is 2. The van der Waals surface area contributed by atoms with Crippen molar-refractivity contribution in [1.29, 1.82) is 0 Å². The van der Waals surface area contributed by atoms with E-state index < -0.39 is 0 Å². The van der Waals surface area contributed by atoms with Crippen LogP contribution in [0.25, 0.3) is 10.9 Å². The van der Waals surface area contributed by atoms with Crippen molar-refractivity contribution in [2.24, 2.45) is 5.73 Å². The predicted octanol–water partition coefficient (Wildman–Crippen LogP) is 1.99. The number of nitrogens with two attached hydrogens (primary N) is 1. The van der Waals surface area contributed by atoms with Crippen LogP contribution >= 0.6 is 12.4 Å². The number of halogens is 1. The molecule has 0 atom stereocenters. The summed E-state index contributed by atoms with van der Waals surface area (Å²) in [5.74, 6) is 0.0384. The summed E-state index contributed by atoms with van der Waals surface area (Å²) in [5, 5.41) is 4.13. The highest BCUT2D eigenvalue weighted by Crippen LogP contribution is 2.18. The maximum atomic E-state index is 11.2. The fourth-order valence-corrected chi connectivity index (χ4v) is 2.06. The molecule has 0 radical (unpaired) electrons. The van der Waals surface area contributed by atoms with Gasteiger partial charge in [0.2, 0.25) is 5.91 Å². The highest BCUT2D eigenvalue weighted by atomic mass is 35.5. The van der Waals surface area contributed by atoms with Crippen LogP contribution in [0.3, 0.4) is 0 Å². The smallest absolute Gasteiger partial charge is 0.221 e. The molecule has 2 rings (SSSR count). The first kappa shape index (κ1) is 15.5. The van der Waals surface area contributed by atoms with Gasteiger partial charge in [0.25, 0.3) is 0 Å². The maximum Gasteiger partial charge on any atom is 0.221 e. The van der Waals surface area contributed by atoms with Crippen molar-refractivity contribution < 1.29 is 4.79 Å². The number of carbonyl (C=O) groups is 1. The number of rotatable bonds is 6. The number of nitrogens with one attached hydrogen (secondary N) is 2. The highest BCUT2D eigenvalue weighted by Gasteiger charge is 2.03. The summed E-state index contributed by atoms with van der Waals surface area (Å²) < 4.78 is 0. The Morgan fingerprint density at radius 2 is 2.11 bits per heavy atom. The van der Waals surface area contributed by atoms with Crippen LogP contribution in [-0.2, 0) is 11.2 Å². The Labute approximate surface area is 119 Å². The summed E-state index contributed by atoms with van der Waals surface area (Å²) in [4.78, 5) is 14.5. The first-order valence-electron chi connectivity index (χ1n) is 6.33. The lowest BCUT2D eigenvalue weighted by atomic mass is 10.1. The molecule has 104 valence electrons. The topological polar surface area (TPSA) is 70.9 Å². The largest absolute Gasteiger partial charge is 0.361 e. The van der Waals surface area contributed by atoms with Gasteiger partial charge >= 0.3 is 0 Å². The van der Waals surface area contributed by atoms with E-state index in [9.17, 15) is 4.79 Å². The molecule has 0 aliphatic carbocycles. The van der Waals surface area contributed by atoms with Crippen LogP contribution in [0.2, 0.25) is 0 Å². The standard InChI is InChI=1S/C14H19N3O.ClH/c15-8-7-14(18)16-9-3-4-11-10-17-13-6-2-1-5-12(11)13;/h1-2,5-6,10,17H,3-4,7-9,15H2,(H,16,18);1H. The molecule has 1 aromatic heterocycles. The number of aromatic amines is 1. The summed E-state index contributed by atoms with van der Waals surface area (Å²) in [6, 6.07) is 8.26. The molecule has 0 saturated carbocycles. The predicted molar refractivity (Wildman–Crippen MR) is 80.5 cm³/mol. The second-order valence-corrected chi connectivity index (χ2v) is 4.35. The Morgan fingerprint density at radius 3 is 2.89 bits per heavy atom. The highest BCUT2D eigenvalue weighted by molar-refractivity contribution is 5.85. The lowest BCUT2D eigenvalue weighted by molar-refractivity contribution is -0.120. The van der Waals surface area contributed by atoms with Gasteiger partial charge in [0.15, 0.2) is 0 Å². The number of para-hydroxylation sites is 1. The van der Waals surface area contributed by atoms with E-state index >= 15 is 0 Å². The van der Waals surface area contributed by atoms with Crippen molar-refractivity contribution in [3.8, 4) is 0 Å². The Balaban J connectivity index is 0.00000180. The van der Waals surface area contributed by atoms with Gasteiger partial charge < -0.3 is 16.0 Å². The molecule has 4 N–H and O–H groups in total. The second kappa shape index (κ2) is 7.81. The van der Waals surface area contributed by atoms with Crippen LogP contribution in [0.1, 0.15) is 18.4 Å². The summed E-state index contributed by atoms with van der Waals surface area (Å²) in [6.07, 6.45) is 4.37. The molecule has 0 saturated heterocycles. The molecule has 4 nitrogen and oxygen atoms in total. The van der Waals surface area contributed by atoms with Crippen LogP contribution in [0.4, 0.5) is 0 Å². The number of H-pyrrole nitrogens is 1. The van der Waals surface area contributed by atoms with Crippen molar-refractivity contribution in [1.82, 2.24) is 10.3 Å². The summed E-state index contributed by atoms with van der Waals surface area (Å²) in [5.41, 5.74) is 7.78. The van der Waals surface area contributed by atoms with Crippen molar-refractivity contribution in [3.05, 3.63) is 36.0 Å². The van der Waals surface area contributed by atoms with E-state index in [1.165, 1.54) is 16.5 Å². The minimum absolute atomic E-state index is 0. The van der Waals surface area contributed by atoms with Gasteiger partial charge in [-0.1, -0.05) is 18.2 Å². The molecule has 1 amide bonds. The van der Waals surface area contributed by atoms with E-state index in [-0.39, 0.29) is 18.3 Å². The Morgan fingerprint density at radius 1 is 1.32 bits per heavy atom. The van der Waals surface area contributed by atoms with Crippen LogP contribution in [0, 0.1) is 0 Å². The van der Waals surface area contributed by atoms with Gasteiger partial charge in [-0.15, -0.1) is 12.4 Å². The van der Waals surface area contributed by atoms with Gasteiger partial charge in [-0.25, -0.2) is 0 Å². The molecular weight excluding hydrogens is 262 g/mol. The van der Waals surface area contributed by atoms with E-state index in [0.29, 0.717) is 19.5 Å². The first-order valence-corrected chi connectivity index (χ1v) is 6.33. The zero-order valence-electron chi connectivity index (χ0n) is 10.8. The lowest BCUT2D eigenvalue weighted by Gasteiger charge is -2.03. The zero-order chi connectivity index (χ0) is 12.8. The number of benzene rings is 1. The molecule has 0 bridgehead atoms. The molecule has 1 heterocycles. The van der Waals surface area contributed by atoms with E-state index in [0.717, 1.165) is 12.8 Å². The SMILES string of the molecule is Cl.NCCC(=O)NCCCc1c[nH]c2ccccc12. The Kier molecular flexibility index (Phi) is 6.39. The second-order valence-electron chi connectivity index (χ2n) is 4.35. The number of hydrogen-bond donors (Lipinski definition) is 3. The number of carbonyl (C=O) groups excluding carboxylic acids is 1. The molecule has 0 aliphatic rings. The molecule has 0 aliphatic heterocycles. The lowest BCUT2D eigenvalue weighted by Crippen LogP contribution is -2.26. The molecule has 0 fully saturated rings. The van der Waals surface area contributed by atoms with Gasteiger partial charge in [-0.05, 0) is 24.5 Å². The van der Waals surface area contributed by atoms with Gasteiger partial charge in [0, 0.05) is 36.6 Å². The van der Waals surface area contributed by atoms with Crippen LogP contribution in [0.5, 0.6) is 0 Å². The Hall–Kier alpha value is -1.52. The average Bonchev–Trinajstić information content (AvgIpc) is 2.78. The normalized spacial score (nSPS) is 10.2. The summed E-state index contributed by atoms with van der Waals surface area (Å²) in [6.45, 7) is 1.12. The maximum absolute atomic E-state index is 11.2. The third-order valence-electron chi connectivity index (χ3n) is 2.99. The third kappa shape index (κ3) is 4.26. The van der Waals surface area contributed by atoms with Crippen molar-refractivity contribution in [2.75, 3.05) is 13.1 Å². The summed E-state index contributed by atoms with van der Waals surface area (Å²) in [7, 11) is 0. The van der Waals surface area contributed by atoms with Gasteiger partial charge in [0.05, 0.1) is 0 Å². The average molecular weight is 282 g/mol. The van der Waals surface area contributed by atoms with Crippen molar-refractivity contribution in [2.45, 2.75) is 19.3 Å². The monoisotopic (exact) mass is 281 g/mol. The molecule has 5 heteroatoms. The number of amides is 1. The van der Waals surface area contributed by atoms with Crippen LogP contribution in [0.15, 0.2) is 30.5 Å². The third-order valence-corrected chi connectivity index (χ3v) is 2.99. The molecule has 0 spiro atoms. The van der Waals surface area contributed by atoms with Gasteiger partial charge in [-0.2, -0.15) is 0 Å². The van der Waals surface area contributed by atoms with E-state index in [1.807, 2.05) is 18.3 Å². The zero-order valence-corrected chi connectivity index (χ0v) is 11.6. The Bertz CT molecular complexity index is 524. The van der Waals surface area contributed by atoms with Crippen molar-refractivity contribution >= 4 is 29.2 Å². The first-order chi connectivity index (χ1) is 8.81. The molecule has 1 aromatic carbocycles. The van der Waals surface area contributed by atoms with Crippen molar-refractivity contribution in [3.63, 3.8) is 0 Å². The van der Waals surface area contributed by atoms with Gasteiger partial charge in [-0.3, -0.25) is 4.79 Å². The summed E-state index contributed by atoms with van der Waals surface area (Å²) >= 11 is 0. The number of fused-ring (bicyclic) bond motifs is 1. The van der Waals surface area contributed by atoms with Crippen LogP contribution in [-0.4, -0.2) is 24.0 Å². The van der Waals surface area contributed by atoms with Gasteiger partial charge in [0.1, 0.15) is 0 Å². The number of aryl methyl sites for hydroxylation is 1. The molecule has 19 heavy (non-hydrogen) atoms. The fraction of sp³-hybridized carbons (Fsp3) is 0.357. The quantitative estimate of drug-likeness (QED) is 0.709. The molecule has 0 unspecified atom stereocenters. The minimum atomic E-state index is 0. The van der Waals surface area contributed by atoms with E-state index in [1.54, 1.807) is 0 Å². The fourth-order valence-electron chi connectivity index (χ4n) is 2.06. The molecule has 2 aromatic rings. The minimum Gasteiger partial charge on any atom is -0.361 e. The van der Waals surface area contributed by atoms with E-state index in [2.05, 4.69) is 22.4 Å². The van der Waals surface area contributed by atoms with Crippen LogP contribution < -0.4 is 11.1 Å². The van der Waals surface area contributed by atoms with E-state index in [4.69, 9.17) is 5.73 Å². The molecular formula is C14H20ClN3O. The number of aromatic nitrogens is 1.